The molecule has 3 heterocycles. The van der Waals surface area contributed by atoms with Gasteiger partial charge >= 0.3 is 0 Å². The van der Waals surface area contributed by atoms with Crippen LogP contribution in [0.25, 0.3) is 0 Å². The van der Waals surface area contributed by atoms with E-state index in [1.54, 1.807) is 4.90 Å². The molecular formula is C15H20N4O3. The molecule has 3 rings (SSSR count). The number of rotatable bonds is 1. The van der Waals surface area contributed by atoms with Crippen LogP contribution in [0.4, 0.5) is 0 Å². The molecule has 0 radical (unpaired) electrons. The molecule has 7 nitrogen and oxygen atoms in total. The molecule has 2 N–H and O–H groups in total. The van der Waals surface area contributed by atoms with Crippen LogP contribution in [0.1, 0.15) is 42.6 Å². The van der Waals surface area contributed by atoms with Crippen molar-refractivity contribution in [3.63, 3.8) is 0 Å². The number of hydrogen-bond donors (Lipinski definition) is 2. The number of hydrogen-bond acceptors (Lipinski definition) is 4. The number of H-pyrrole nitrogens is 1. The second-order valence-corrected chi connectivity index (χ2v) is 6.19. The van der Waals surface area contributed by atoms with Crippen molar-refractivity contribution < 1.29 is 9.59 Å². The van der Waals surface area contributed by atoms with Gasteiger partial charge in [-0.25, -0.2) is 4.98 Å². The van der Waals surface area contributed by atoms with Gasteiger partial charge in [-0.15, -0.1) is 0 Å². The summed E-state index contributed by atoms with van der Waals surface area (Å²) in [6.45, 7) is 2.08. The molecule has 2 aliphatic heterocycles. The average molecular weight is 304 g/mol. The maximum Gasteiger partial charge on any atom is 0.273 e. The van der Waals surface area contributed by atoms with Gasteiger partial charge in [-0.05, 0) is 31.1 Å². The van der Waals surface area contributed by atoms with Crippen molar-refractivity contribution in [2.24, 2.45) is 5.41 Å². The number of carbonyl (C=O) groups excluding carboxylic acids is 2. The molecule has 0 unspecified atom stereocenters. The third-order valence-corrected chi connectivity index (χ3v) is 4.86. The van der Waals surface area contributed by atoms with Gasteiger partial charge in [0.05, 0.1) is 6.20 Å². The average Bonchev–Trinajstić information content (AvgIpc) is 2.71. The quantitative estimate of drug-likeness (QED) is 0.779. The zero-order valence-corrected chi connectivity index (χ0v) is 12.4. The summed E-state index contributed by atoms with van der Waals surface area (Å²) in [5, 5.41) is 2.92. The zero-order valence-electron chi connectivity index (χ0n) is 12.4. The van der Waals surface area contributed by atoms with Crippen molar-refractivity contribution in [3.05, 3.63) is 28.4 Å². The van der Waals surface area contributed by atoms with E-state index >= 15 is 0 Å². The largest absolute Gasteiger partial charge is 0.356 e. The molecule has 118 valence electrons. The lowest BCUT2D eigenvalue weighted by Crippen LogP contribution is -2.43. The Morgan fingerprint density at radius 2 is 1.95 bits per heavy atom. The number of aromatic amines is 1. The second-order valence-electron chi connectivity index (χ2n) is 6.19. The van der Waals surface area contributed by atoms with Crippen LogP contribution in [-0.2, 0) is 4.79 Å². The van der Waals surface area contributed by atoms with Crippen molar-refractivity contribution in [3.8, 4) is 0 Å². The standard InChI is InChI=1S/C15H20N4O3/c20-12-1-2-15(3-6-16-12)4-7-19(8-5-15)14(22)11-9-18-13(21)10-17-11/h9-10H,1-8H2,(H,16,20)(H,18,21). The second kappa shape index (κ2) is 5.90. The number of nitrogens with zero attached hydrogens (tertiary/aromatic N) is 2. The molecule has 0 atom stereocenters. The zero-order chi connectivity index (χ0) is 15.6. The number of aromatic nitrogens is 2. The summed E-state index contributed by atoms with van der Waals surface area (Å²) in [5.41, 5.74) is 0.131. The van der Waals surface area contributed by atoms with Crippen LogP contribution in [0.3, 0.4) is 0 Å². The molecule has 1 spiro atoms. The monoisotopic (exact) mass is 304 g/mol. The predicted octanol–water partition coefficient (Wildman–Crippen LogP) is 0.292. The third-order valence-electron chi connectivity index (χ3n) is 4.86. The van der Waals surface area contributed by atoms with Crippen LogP contribution in [0.5, 0.6) is 0 Å². The highest BCUT2D eigenvalue weighted by molar-refractivity contribution is 5.92. The number of piperidine rings is 1. The minimum Gasteiger partial charge on any atom is -0.356 e. The third kappa shape index (κ3) is 3.03. The summed E-state index contributed by atoms with van der Waals surface area (Å²) in [6.07, 6.45) is 6.78. The van der Waals surface area contributed by atoms with Crippen LogP contribution in [-0.4, -0.2) is 46.3 Å². The lowest BCUT2D eigenvalue weighted by Gasteiger charge is -2.41. The van der Waals surface area contributed by atoms with E-state index < -0.39 is 0 Å². The summed E-state index contributed by atoms with van der Waals surface area (Å²) in [6, 6.07) is 0. The van der Waals surface area contributed by atoms with E-state index in [1.807, 2.05) is 0 Å². The number of likely N-dealkylation sites (tertiary alicyclic amines) is 1. The van der Waals surface area contributed by atoms with Gasteiger partial charge < -0.3 is 15.2 Å². The molecule has 0 saturated carbocycles. The maximum atomic E-state index is 12.4. The molecule has 22 heavy (non-hydrogen) atoms. The lowest BCUT2D eigenvalue weighted by atomic mass is 9.73. The molecule has 1 aromatic heterocycles. The van der Waals surface area contributed by atoms with Crippen molar-refractivity contribution in [1.82, 2.24) is 20.2 Å². The Morgan fingerprint density at radius 1 is 1.18 bits per heavy atom. The van der Waals surface area contributed by atoms with E-state index in [2.05, 4.69) is 15.3 Å². The summed E-state index contributed by atoms with van der Waals surface area (Å²) in [7, 11) is 0. The first kappa shape index (κ1) is 14.7. The number of carbonyl (C=O) groups is 2. The summed E-state index contributed by atoms with van der Waals surface area (Å²) in [5.74, 6) is -0.0123. The molecule has 7 heteroatoms. The fourth-order valence-electron chi connectivity index (χ4n) is 3.36. The van der Waals surface area contributed by atoms with Gasteiger partial charge in [0, 0.05) is 32.3 Å². The highest BCUT2D eigenvalue weighted by atomic mass is 16.2. The Morgan fingerprint density at radius 3 is 2.64 bits per heavy atom. The van der Waals surface area contributed by atoms with Gasteiger partial charge in [-0.1, -0.05) is 0 Å². The topological polar surface area (TPSA) is 95.2 Å². The van der Waals surface area contributed by atoms with E-state index in [4.69, 9.17) is 0 Å². The first-order chi connectivity index (χ1) is 10.6. The maximum absolute atomic E-state index is 12.4. The van der Waals surface area contributed by atoms with Crippen molar-refractivity contribution in [1.29, 1.82) is 0 Å². The van der Waals surface area contributed by atoms with E-state index in [1.165, 1.54) is 6.20 Å². The van der Waals surface area contributed by atoms with Crippen LogP contribution in [0.15, 0.2) is 17.2 Å². The Bertz CT molecular complexity index is 611. The smallest absolute Gasteiger partial charge is 0.273 e. The van der Waals surface area contributed by atoms with Gasteiger partial charge in [0.2, 0.25) is 5.91 Å². The SMILES string of the molecule is O=C1CCC2(CCN1)CCN(C(=O)c1c[nH]c(=O)cn1)CC2. The van der Waals surface area contributed by atoms with Gasteiger partial charge in [0.15, 0.2) is 0 Å². The Kier molecular flexibility index (Phi) is 3.96. The fraction of sp³-hybridized carbons (Fsp3) is 0.600. The predicted molar refractivity (Wildman–Crippen MR) is 79.3 cm³/mol. The van der Waals surface area contributed by atoms with Gasteiger partial charge in [-0.3, -0.25) is 14.4 Å². The van der Waals surface area contributed by atoms with Crippen LogP contribution in [0, 0.1) is 5.41 Å². The van der Waals surface area contributed by atoms with Gasteiger partial charge in [0.1, 0.15) is 5.69 Å². The Hall–Kier alpha value is -2.18. The Labute approximate surface area is 128 Å². The lowest BCUT2D eigenvalue weighted by molar-refractivity contribution is -0.121. The highest BCUT2D eigenvalue weighted by Gasteiger charge is 2.37. The molecule has 2 amide bonds. The van der Waals surface area contributed by atoms with Crippen LogP contribution < -0.4 is 10.9 Å². The van der Waals surface area contributed by atoms with Gasteiger partial charge in [-0.2, -0.15) is 0 Å². The molecule has 2 aliphatic rings. The molecule has 1 aromatic rings. The van der Waals surface area contributed by atoms with E-state index in [0.717, 1.165) is 38.4 Å². The normalized spacial score (nSPS) is 21.3. The van der Waals surface area contributed by atoms with Crippen LogP contribution in [0.2, 0.25) is 0 Å². The minimum atomic E-state index is -0.315. The molecular weight excluding hydrogens is 284 g/mol. The summed E-state index contributed by atoms with van der Waals surface area (Å²) < 4.78 is 0. The van der Waals surface area contributed by atoms with Crippen molar-refractivity contribution in [2.45, 2.75) is 32.1 Å². The highest BCUT2D eigenvalue weighted by Crippen LogP contribution is 2.40. The van der Waals surface area contributed by atoms with E-state index in [9.17, 15) is 14.4 Å². The first-order valence-electron chi connectivity index (χ1n) is 7.69. The van der Waals surface area contributed by atoms with Crippen LogP contribution >= 0.6 is 0 Å². The summed E-state index contributed by atoms with van der Waals surface area (Å²) in [4.78, 5) is 43.0. The fourth-order valence-corrected chi connectivity index (χ4v) is 3.36. The minimum absolute atomic E-state index is 0.132. The molecule has 0 bridgehead atoms. The molecule has 0 aromatic carbocycles. The number of amides is 2. The Balaban J connectivity index is 1.63. The van der Waals surface area contributed by atoms with E-state index in [-0.39, 0.29) is 28.5 Å². The summed E-state index contributed by atoms with van der Waals surface area (Å²) >= 11 is 0. The molecule has 0 aliphatic carbocycles. The molecule has 2 saturated heterocycles. The van der Waals surface area contributed by atoms with Crippen molar-refractivity contribution in [2.75, 3.05) is 19.6 Å². The van der Waals surface area contributed by atoms with Crippen molar-refractivity contribution >= 4 is 11.8 Å². The molecule has 2 fully saturated rings. The van der Waals surface area contributed by atoms with E-state index in [0.29, 0.717) is 19.5 Å². The van der Waals surface area contributed by atoms with Gasteiger partial charge in [0.25, 0.3) is 11.5 Å². The number of nitrogens with one attached hydrogen (secondary N) is 2. The first-order valence-corrected chi connectivity index (χ1v) is 7.69.